The lowest BCUT2D eigenvalue weighted by molar-refractivity contribution is 0.353. The number of para-hydroxylation sites is 1. The van der Waals surface area contributed by atoms with Crippen molar-refractivity contribution in [1.82, 2.24) is 15.3 Å². The molecule has 0 amide bonds. The van der Waals surface area contributed by atoms with Gasteiger partial charge in [0.2, 0.25) is 0 Å². The molecule has 27 heavy (non-hydrogen) atoms. The first-order valence-corrected chi connectivity index (χ1v) is 10.1. The summed E-state index contributed by atoms with van der Waals surface area (Å²) in [6, 6.07) is 14.2. The molecule has 0 radical (unpaired) electrons. The SMILES string of the molecule is Clc1ncccc1-c1cc(NCCCC2CCCNC2)c2ccccc2n1. The second-order valence-electron chi connectivity index (χ2n) is 7.20. The molecule has 1 unspecified atom stereocenters. The van der Waals surface area contributed by atoms with Gasteiger partial charge in [-0.3, -0.25) is 0 Å². The van der Waals surface area contributed by atoms with E-state index in [0.29, 0.717) is 5.15 Å². The Morgan fingerprint density at radius 2 is 2.11 bits per heavy atom. The van der Waals surface area contributed by atoms with Crippen LogP contribution in [0.3, 0.4) is 0 Å². The van der Waals surface area contributed by atoms with Crippen molar-refractivity contribution in [3.8, 4) is 11.3 Å². The van der Waals surface area contributed by atoms with Crippen LogP contribution in [0.25, 0.3) is 22.2 Å². The first-order chi connectivity index (χ1) is 13.3. The fourth-order valence-electron chi connectivity index (χ4n) is 3.82. The fourth-order valence-corrected chi connectivity index (χ4v) is 4.04. The monoisotopic (exact) mass is 380 g/mol. The summed E-state index contributed by atoms with van der Waals surface area (Å²) in [6.07, 6.45) is 6.81. The summed E-state index contributed by atoms with van der Waals surface area (Å²) in [7, 11) is 0. The van der Waals surface area contributed by atoms with Gasteiger partial charge in [0.1, 0.15) is 5.15 Å². The van der Waals surface area contributed by atoms with E-state index >= 15 is 0 Å². The van der Waals surface area contributed by atoms with E-state index < -0.39 is 0 Å². The molecule has 0 bridgehead atoms. The lowest BCUT2D eigenvalue weighted by atomic mass is 9.95. The number of hydrogen-bond donors (Lipinski definition) is 2. The number of nitrogens with zero attached hydrogens (tertiary/aromatic N) is 2. The van der Waals surface area contributed by atoms with E-state index in [-0.39, 0.29) is 0 Å². The van der Waals surface area contributed by atoms with E-state index in [4.69, 9.17) is 16.6 Å². The molecule has 140 valence electrons. The lowest BCUT2D eigenvalue weighted by Gasteiger charge is -2.22. The van der Waals surface area contributed by atoms with E-state index in [9.17, 15) is 0 Å². The number of hydrogen-bond acceptors (Lipinski definition) is 4. The van der Waals surface area contributed by atoms with Crippen LogP contribution in [-0.4, -0.2) is 29.6 Å². The van der Waals surface area contributed by atoms with Gasteiger partial charge in [-0.1, -0.05) is 29.8 Å². The average molecular weight is 381 g/mol. The molecule has 0 aliphatic carbocycles. The molecular formula is C22H25ClN4. The van der Waals surface area contributed by atoms with Crippen LogP contribution in [0.4, 0.5) is 5.69 Å². The fraction of sp³-hybridized carbons (Fsp3) is 0.364. The summed E-state index contributed by atoms with van der Waals surface area (Å²) in [5.74, 6) is 0.819. The van der Waals surface area contributed by atoms with Crippen molar-refractivity contribution >= 4 is 28.2 Å². The quantitative estimate of drug-likeness (QED) is 0.459. The zero-order valence-corrected chi connectivity index (χ0v) is 16.2. The first kappa shape index (κ1) is 18.2. The summed E-state index contributed by atoms with van der Waals surface area (Å²) in [4.78, 5) is 8.99. The molecule has 2 aromatic heterocycles. The number of benzene rings is 1. The minimum atomic E-state index is 0.482. The van der Waals surface area contributed by atoms with Crippen LogP contribution in [-0.2, 0) is 0 Å². The van der Waals surface area contributed by atoms with Gasteiger partial charge in [-0.2, -0.15) is 0 Å². The number of pyridine rings is 2. The van der Waals surface area contributed by atoms with Gasteiger partial charge in [-0.05, 0) is 69.0 Å². The second-order valence-corrected chi connectivity index (χ2v) is 7.55. The molecule has 4 nitrogen and oxygen atoms in total. The van der Waals surface area contributed by atoms with Crippen molar-refractivity contribution in [2.45, 2.75) is 25.7 Å². The van der Waals surface area contributed by atoms with Crippen LogP contribution in [0.1, 0.15) is 25.7 Å². The maximum absolute atomic E-state index is 6.30. The number of aromatic nitrogens is 2. The highest BCUT2D eigenvalue weighted by Crippen LogP contribution is 2.31. The van der Waals surface area contributed by atoms with Gasteiger partial charge >= 0.3 is 0 Å². The van der Waals surface area contributed by atoms with E-state index in [1.807, 2.05) is 24.3 Å². The van der Waals surface area contributed by atoms with E-state index in [0.717, 1.165) is 40.3 Å². The molecule has 3 heterocycles. The third kappa shape index (κ3) is 4.40. The van der Waals surface area contributed by atoms with Crippen molar-refractivity contribution in [2.24, 2.45) is 5.92 Å². The van der Waals surface area contributed by atoms with Crippen LogP contribution in [0.5, 0.6) is 0 Å². The Labute approximate surface area is 165 Å². The Bertz CT molecular complexity index is 906. The molecule has 4 rings (SSSR count). The Hall–Kier alpha value is -2.17. The Morgan fingerprint density at radius 1 is 1.19 bits per heavy atom. The number of rotatable bonds is 6. The van der Waals surface area contributed by atoms with E-state index in [2.05, 4.69) is 33.8 Å². The van der Waals surface area contributed by atoms with Crippen molar-refractivity contribution in [1.29, 1.82) is 0 Å². The molecule has 5 heteroatoms. The average Bonchev–Trinajstić information content (AvgIpc) is 2.72. The summed E-state index contributed by atoms with van der Waals surface area (Å²) in [5.41, 5.74) is 3.79. The minimum Gasteiger partial charge on any atom is -0.384 e. The van der Waals surface area contributed by atoms with Crippen LogP contribution in [0.15, 0.2) is 48.7 Å². The summed E-state index contributed by atoms with van der Waals surface area (Å²) >= 11 is 6.30. The smallest absolute Gasteiger partial charge is 0.138 e. The van der Waals surface area contributed by atoms with Gasteiger partial charge in [0.05, 0.1) is 11.2 Å². The molecule has 1 fully saturated rings. The molecule has 0 saturated carbocycles. The molecule has 1 aromatic carbocycles. The van der Waals surface area contributed by atoms with Gasteiger partial charge in [0.15, 0.2) is 0 Å². The number of anilines is 1. The predicted octanol–water partition coefficient (Wildman–Crippen LogP) is 5.14. The summed E-state index contributed by atoms with van der Waals surface area (Å²) < 4.78 is 0. The molecular weight excluding hydrogens is 356 g/mol. The van der Waals surface area contributed by atoms with Crippen LogP contribution in [0.2, 0.25) is 5.15 Å². The van der Waals surface area contributed by atoms with Crippen molar-refractivity contribution in [2.75, 3.05) is 25.0 Å². The molecule has 1 aliphatic rings. The molecule has 1 atom stereocenters. The van der Waals surface area contributed by atoms with Crippen LogP contribution >= 0.6 is 11.6 Å². The van der Waals surface area contributed by atoms with Gasteiger partial charge in [-0.25, -0.2) is 9.97 Å². The number of fused-ring (bicyclic) bond motifs is 1. The van der Waals surface area contributed by atoms with Gasteiger partial charge in [0.25, 0.3) is 0 Å². The molecule has 3 aromatic rings. The lowest BCUT2D eigenvalue weighted by Crippen LogP contribution is -2.29. The maximum Gasteiger partial charge on any atom is 0.138 e. The second kappa shape index (κ2) is 8.68. The number of piperidine rings is 1. The number of halogens is 1. The third-order valence-corrected chi connectivity index (χ3v) is 5.56. The Balaban J connectivity index is 1.53. The third-order valence-electron chi connectivity index (χ3n) is 5.25. The van der Waals surface area contributed by atoms with Crippen molar-refractivity contribution in [3.63, 3.8) is 0 Å². The Morgan fingerprint density at radius 3 is 2.96 bits per heavy atom. The van der Waals surface area contributed by atoms with Gasteiger partial charge in [0, 0.05) is 29.4 Å². The molecule has 1 aliphatic heterocycles. The van der Waals surface area contributed by atoms with Crippen molar-refractivity contribution in [3.05, 3.63) is 53.8 Å². The molecule has 2 N–H and O–H groups in total. The normalized spacial score (nSPS) is 17.1. The topological polar surface area (TPSA) is 49.8 Å². The summed E-state index contributed by atoms with van der Waals surface area (Å²) in [5, 5.41) is 8.76. The van der Waals surface area contributed by atoms with E-state index in [1.165, 1.54) is 38.8 Å². The predicted molar refractivity (Wildman–Crippen MR) is 113 cm³/mol. The highest BCUT2D eigenvalue weighted by atomic mass is 35.5. The highest BCUT2D eigenvalue weighted by molar-refractivity contribution is 6.32. The molecule has 1 saturated heterocycles. The summed E-state index contributed by atoms with van der Waals surface area (Å²) in [6.45, 7) is 3.31. The largest absolute Gasteiger partial charge is 0.384 e. The first-order valence-electron chi connectivity index (χ1n) is 9.76. The molecule has 0 spiro atoms. The van der Waals surface area contributed by atoms with Crippen LogP contribution in [0, 0.1) is 5.92 Å². The van der Waals surface area contributed by atoms with Gasteiger partial charge < -0.3 is 10.6 Å². The Kier molecular flexibility index (Phi) is 5.85. The van der Waals surface area contributed by atoms with Gasteiger partial charge in [-0.15, -0.1) is 0 Å². The maximum atomic E-state index is 6.30. The van der Waals surface area contributed by atoms with E-state index in [1.54, 1.807) is 6.20 Å². The van der Waals surface area contributed by atoms with Crippen molar-refractivity contribution < 1.29 is 0 Å². The number of nitrogens with one attached hydrogen (secondary N) is 2. The highest BCUT2D eigenvalue weighted by Gasteiger charge is 2.13. The van der Waals surface area contributed by atoms with Crippen LogP contribution < -0.4 is 10.6 Å². The zero-order valence-electron chi connectivity index (χ0n) is 15.4. The minimum absolute atomic E-state index is 0.482. The standard InChI is InChI=1S/C22H25ClN4/c23-22-18(9-5-13-26-22)21-14-20(17-8-1-2-10-19(17)27-21)25-12-4-7-16-6-3-11-24-15-16/h1-2,5,8-10,13-14,16,24H,3-4,6-7,11-12,15H2,(H,25,27). The zero-order chi connectivity index (χ0) is 18.5.